The van der Waals surface area contributed by atoms with Crippen molar-refractivity contribution in [2.75, 3.05) is 0 Å². The zero-order chi connectivity index (χ0) is 12.9. The second-order valence-electron chi connectivity index (χ2n) is 4.58. The minimum atomic E-state index is -0.525. The van der Waals surface area contributed by atoms with E-state index < -0.39 is 6.04 Å². The van der Waals surface area contributed by atoms with Crippen molar-refractivity contribution in [2.24, 2.45) is 5.92 Å². The van der Waals surface area contributed by atoms with E-state index in [-0.39, 0.29) is 29.0 Å². The van der Waals surface area contributed by atoms with Crippen LogP contribution in [0.2, 0.25) is 0 Å². The van der Waals surface area contributed by atoms with E-state index in [0.717, 1.165) is 0 Å². The summed E-state index contributed by atoms with van der Waals surface area (Å²) in [5, 5.41) is 5.00. The summed E-state index contributed by atoms with van der Waals surface area (Å²) in [6.07, 6.45) is 0. The number of hydrogen-bond acceptors (Lipinski definition) is 3. The summed E-state index contributed by atoms with van der Waals surface area (Å²) in [4.78, 5) is 23.1. The molecule has 2 amide bonds. The quantitative estimate of drug-likeness (QED) is 0.633. The summed E-state index contributed by atoms with van der Waals surface area (Å²) >= 11 is 4.19. The Balaban J connectivity index is 4.18. The maximum absolute atomic E-state index is 11.6. The molecule has 0 spiro atoms. The van der Waals surface area contributed by atoms with Crippen LogP contribution in [0.5, 0.6) is 0 Å². The topological polar surface area (TPSA) is 58.2 Å². The standard InChI is InChI=1S/C11H22N2O2S/c1-6(2)9(16)11(15)13-8(5)10(14)12-7(3)4/h6-9,16H,1-5H3,(H,12,14)(H,13,15). The predicted molar refractivity (Wildman–Crippen MR) is 68.5 cm³/mol. The summed E-state index contributed by atoms with van der Waals surface area (Å²) in [5.74, 6) is -0.235. The van der Waals surface area contributed by atoms with Gasteiger partial charge in [-0.15, -0.1) is 0 Å². The minimum Gasteiger partial charge on any atom is -0.352 e. The Morgan fingerprint density at radius 3 is 1.81 bits per heavy atom. The molecule has 0 heterocycles. The van der Waals surface area contributed by atoms with Crippen molar-refractivity contribution in [1.82, 2.24) is 10.6 Å². The zero-order valence-electron chi connectivity index (χ0n) is 10.6. The lowest BCUT2D eigenvalue weighted by molar-refractivity contribution is -0.128. The minimum absolute atomic E-state index is 0.0729. The molecule has 0 aliphatic heterocycles. The Labute approximate surface area is 103 Å². The van der Waals surface area contributed by atoms with Crippen LogP contribution in [0.1, 0.15) is 34.6 Å². The highest BCUT2D eigenvalue weighted by atomic mass is 32.1. The van der Waals surface area contributed by atoms with E-state index in [1.165, 1.54) is 0 Å². The molecule has 2 N–H and O–H groups in total. The Morgan fingerprint density at radius 1 is 0.938 bits per heavy atom. The fraction of sp³-hybridized carbons (Fsp3) is 0.818. The first kappa shape index (κ1) is 15.3. The molecule has 0 aromatic carbocycles. The molecule has 0 aliphatic carbocycles. The van der Waals surface area contributed by atoms with Crippen molar-refractivity contribution in [3.8, 4) is 0 Å². The van der Waals surface area contributed by atoms with E-state index >= 15 is 0 Å². The molecule has 0 rings (SSSR count). The third-order valence-corrected chi connectivity index (χ3v) is 2.91. The van der Waals surface area contributed by atoms with Gasteiger partial charge < -0.3 is 10.6 Å². The van der Waals surface area contributed by atoms with Gasteiger partial charge in [0.1, 0.15) is 6.04 Å². The predicted octanol–water partition coefficient (Wildman–Crippen LogP) is 0.970. The van der Waals surface area contributed by atoms with E-state index in [0.29, 0.717) is 0 Å². The average Bonchev–Trinajstić information content (AvgIpc) is 2.14. The second-order valence-corrected chi connectivity index (χ2v) is 5.14. The lowest BCUT2D eigenvalue weighted by Gasteiger charge is -2.19. The number of rotatable bonds is 5. The Bertz CT molecular complexity index is 254. The van der Waals surface area contributed by atoms with Gasteiger partial charge in [-0.3, -0.25) is 9.59 Å². The van der Waals surface area contributed by atoms with E-state index in [2.05, 4.69) is 23.3 Å². The summed E-state index contributed by atoms with van der Waals surface area (Å²) in [6, 6.07) is -0.452. The van der Waals surface area contributed by atoms with Crippen molar-refractivity contribution in [1.29, 1.82) is 0 Å². The molecule has 2 atom stereocenters. The van der Waals surface area contributed by atoms with E-state index in [1.807, 2.05) is 27.7 Å². The monoisotopic (exact) mass is 246 g/mol. The molecule has 2 unspecified atom stereocenters. The molecule has 0 fully saturated rings. The number of thiol groups is 1. The summed E-state index contributed by atoms with van der Waals surface area (Å²) in [6.45, 7) is 9.24. The van der Waals surface area contributed by atoms with Crippen LogP contribution < -0.4 is 10.6 Å². The first-order valence-electron chi connectivity index (χ1n) is 5.54. The number of amides is 2. The first-order chi connectivity index (χ1) is 7.25. The van der Waals surface area contributed by atoms with Gasteiger partial charge in [-0.1, -0.05) is 13.8 Å². The van der Waals surface area contributed by atoms with Crippen LogP contribution in [0.3, 0.4) is 0 Å². The smallest absolute Gasteiger partial charge is 0.242 e. The van der Waals surface area contributed by atoms with Crippen LogP contribution in [-0.2, 0) is 9.59 Å². The molecule has 16 heavy (non-hydrogen) atoms. The molecule has 0 saturated carbocycles. The lowest BCUT2D eigenvalue weighted by Crippen LogP contribution is -2.49. The number of carbonyl (C=O) groups excluding carboxylic acids is 2. The van der Waals surface area contributed by atoms with Crippen molar-refractivity contribution in [3.63, 3.8) is 0 Å². The second kappa shape index (κ2) is 6.78. The first-order valence-corrected chi connectivity index (χ1v) is 6.06. The molecule has 0 aromatic rings. The summed E-state index contributed by atoms with van der Waals surface area (Å²) < 4.78 is 0. The number of nitrogens with one attached hydrogen (secondary N) is 2. The molecule has 0 aromatic heterocycles. The van der Waals surface area contributed by atoms with Gasteiger partial charge in [-0.05, 0) is 26.7 Å². The van der Waals surface area contributed by atoms with Gasteiger partial charge in [-0.25, -0.2) is 0 Å². The fourth-order valence-corrected chi connectivity index (χ4v) is 1.15. The van der Waals surface area contributed by atoms with Crippen LogP contribution in [0.15, 0.2) is 0 Å². The van der Waals surface area contributed by atoms with Crippen molar-refractivity contribution in [3.05, 3.63) is 0 Å². The van der Waals surface area contributed by atoms with Gasteiger partial charge in [0.2, 0.25) is 11.8 Å². The highest BCUT2D eigenvalue weighted by Crippen LogP contribution is 2.08. The van der Waals surface area contributed by atoms with E-state index in [1.54, 1.807) is 6.92 Å². The molecule has 0 radical (unpaired) electrons. The van der Waals surface area contributed by atoms with Crippen LogP contribution in [0.25, 0.3) is 0 Å². The van der Waals surface area contributed by atoms with E-state index in [9.17, 15) is 9.59 Å². The van der Waals surface area contributed by atoms with Gasteiger partial charge in [0, 0.05) is 6.04 Å². The Hall–Kier alpha value is -0.710. The molecule has 0 saturated heterocycles. The molecule has 4 nitrogen and oxygen atoms in total. The zero-order valence-corrected chi connectivity index (χ0v) is 11.5. The third kappa shape index (κ3) is 5.39. The average molecular weight is 246 g/mol. The summed E-state index contributed by atoms with van der Waals surface area (Å²) in [5.41, 5.74) is 0. The Kier molecular flexibility index (Phi) is 6.48. The highest BCUT2D eigenvalue weighted by Gasteiger charge is 2.22. The van der Waals surface area contributed by atoms with Gasteiger partial charge in [0.25, 0.3) is 0 Å². The normalized spacial score (nSPS) is 14.8. The molecule has 0 aliphatic rings. The van der Waals surface area contributed by atoms with Crippen LogP contribution >= 0.6 is 12.6 Å². The Morgan fingerprint density at radius 2 is 1.44 bits per heavy atom. The summed E-state index contributed by atoms with van der Waals surface area (Å²) in [7, 11) is 0. The number of hydrogen-bond donors (Lipinski definition) is 3. The maximum Gasteiger partial charge on any atom is 0.242 e. The molecule has 0 bridgehead atoms. The highest BCUT2D eigenvalue weighted by molar-refractivity contribution is 7.81. The van der Waals surface area contributed by atoms with E-state index in [4.69, 9.17) is 0 Å². The third-order valence-electron chi connectivity index (χ3n) is 2.08. The van der Waals surface area contributed by atoms with Crippen molar-refractivity contribution in [2.45, 2.75) is 52.0 Å². The SMILES string of the molecule is CC(C)NC(=O)C(C)NC(=O)C(S)C(C)C. The lowest BCUT2D eigenvalue weighted by atomic mass is 10.1. The maximum atomic E-state index is 11.6. The van der Waals surface area contributed by atoms with Gasteiger partial charge >= 0.3 is 0 Å². The van der Waals surface area contributed by atoms with Crippen molar-refractivity contribution >= 4 is 24.4 Å². The van der Waals surface area contributed by atoms with Gasteiger partial charge in [-0.2, -0.15) is 12.6 Å². The van der Waals surface area contributed by atoms with Crippen LogP contribution in [0.4, 0.5) is 0 Å². The molecule has 5 heteroatoms. The fourth-order valence-electron chi connectivity index (χ4n) is 1.08. The number of carbonyl (C=O) groups is 2. The van der Waals surface area contributed by atoms with Gasteiger partial charge in [0.15, 0.2) is 0 Å². The van der Waals surface area contributed by atoms with Gasteiger partial charge in [0.05, 0.1) is 5.25 Å². The molecule has 94 valence electrons. The molecular weight excluding hydrogens is 224 g/mol. The van der Waals surface area contributed by atoms with Crippen LogP contribution in [0, 0.1) is 5.92 Å². The van der Waals surface area contributed by atoms with Crippen molar-refractivity contribution < 1.29 is 9.59 Å². The largest absolute Gasteiger partial charge is 0.352 e. The molecular formula is C11H22N2O2S. The van der Waals surface area contributed by atoms with Crippen LogP contribution in [-0.4, -0.2) is 29.1 Å².